The molecule has 0 aliphatic carbocycles. The van der Waals surface area contributed by atoms with Gasteiger partial charge in [0.15, 0.2) is 0 Å². The van der Waals surface area contributed by atoms with Crippen molar-refractivity contribution in [3.05, 3.63) is 0 Å². The summed E-state index contributed by atoms with van der Waals surface area (Å²) in [6.45, 7) is 0. The number of rotatable bonds is 0. The van der Waals surface area contributed by atoms with E-state index in [0.717, 1.165) is 0 Å². The van der Waals surface area contributed by atoms with Crippen LogP contribution in [0.2, 0.25) is 0 Å². The summed E-state index contributed by atoms with van der Waals surface area (Å²) in [4.78, 5) is 0. The molecule has 4 heteroatoms. The zero-order valence-corrected chi connectivity index (χ0v) is 7.24. The summed E-state index contributed by atoms with van der Waals surface area (Å²) < 4.78 is 0. The predicted molar refractivity (Wildman–Crippen MR) is 19.4 cm³/mol. The van der Waals surface area contributed by atoms with Crippen molar-refractivity contribution in [1.29, 1.82) is 0 Å². The third kappa shape index (κ3) is 8.94. The van der Waals surface area contributed by atoms with Crippen LogP contribution in [0.4, 0.5) is 0 Å². The minimum absolute atomic E-state index is 0. The third-order valence-corrected chi connectivity index (χ3v) is 0. The molecule has 0 spiro atoms. The van der Waals surface area contributed by atoms with E-state index < -0.39 is 0 Å². The molecular formula is H4AuNiP2. The Morgan fingerprint density at radius 1 is 1.25 bits per heavy atom. The van der Waals surface area contributed by atoms with E-state index in [1.165, 1.54) is 0 Å². The van der Waals surface area contributed by atoms with Gasteiger partial charge < -0.3 is 0 Å². The first kappa shape index (κ1) is 9.43. The maximum absolute atomic E-state index is 2.64. The first-order chi connectivity index (χ1) is 1.41. The molecule has 0 rings (SSSR count). The normalized spacial score (nSPS) is 5.50. The average Bonchev–Trinajstić information content (AvgIpc) is 0.918. The van der Waals surface area contributed by atoms with Crippen LogP contribution in [0.15, 0.2) is 0 Å². The van der Waals surface area contributed by atoms with E-state index in [0.29, 0.717) is 18.7 Å². The van der Waals surface area contributed by atoms with Crippen LogP contribution in [0.3, 0.4) is 0 Å². The molecule has 0 aromatic heterocycles. The van der Waals surface area contributed by atoms with E-state index in [4.69, 9.17) is 0 Å². The molecule has 35 valence electrons. The molecule has 0 aromatic rings. The second-order valence-electron chi connectivity index (χ2n) is 0.101. The Morgan fingerprint density at radius 3 is 1.25 bits per heavy atom. The van der Waals surface area contributed by atoms with Crippen LogP contribution in [0.1, 0.15) is 0 Å². The SMILES string of the molecule is [Ni].[PH2][Au][PH2]. The standard InChI is InChI=1S/Au.Ni.2H2P/h;;2*1H2/q+2;;2*-1. The Balaban J connectivity index is 0. The molecule has 2 atom stereocenters. The molecule has 0 aliphatic rings. The van der Waals surface area contributed by atoms with Gasteiger partial charge in [-0.1, -0.05) is 0 Å². The molecule has 0 saturated carbocycles. The van der Waals surface area contributed by atoms with Crippen LogP contribution < -0.4 is 0 Å². The molecule has 0 radical (unpaired) electrons. The zero-order chi connectivity index (χ0) is 2.71. The minimum atomic E-state index is 0. The Kier molecular flexibility index (Phi) is 21.0. The fraction of sp³-hybridized carbons (Fsp3) is 0. The van der Waals surface area contributed by atoms with Gasteiger partial charge in [-0.3, -0.25) is 0 Å². The molecule has 0 aliphatic heterocycles. The molecule has 0 bridgehead atoms. The Bertz CT molecular complexity index is 6.00. The number of hydrogen-bond donors (Lipinski definition) is 0. The van der Waals surface area contributed by atoms with E-state index in [2.05, 4.69) is 14.3 Å². The Hall–Kier alpha value is 2.09. The molecule has 0 N–H and O–H groups in total. The summed E-state index contributed by atoms with van der Waals surface area (Å²) in [7, 11) is 5.28. The van der Waals surface area contributed by atoms with Crippen molar-refractivity contribution in [1.82, 2.24) is 0 Å². The first-order valence-electron chi connectivity index (χ1n) is 0.348. The summed E-state index contributed by atoms with van der Waals surface area (Å²) in [5.74, 6) is 0. The van der Waals surface area contributed by atoms with Crippen LogP contribution in [0.25, 0.3) is 0 Å². The van der Waals surface area contributed by atoms with Gasteiger partial charge in [0.1, 0.15) is 0 Å². The van der Waals surface area contributed by atoms with E-state index in [-0.39, 0.29) is 16.5 Å². The van der Waals surface area contributed by atoms with Gasteiger partial charge in [0.05, 0.1) is 0 Å². The van der Waals surface area contributed by atoms with E-state index in [9.17, 15) is 0 Å². The van der Waals surface area contributed by atoms with Crippen molar-refractivity contribution >= 4 is 14.3 Å². The average molecular weight is 322 g/mol. The van der Waals surface area contributed by atoms with Crippen LogP contribution in [-0.2, 0) is 35.2 Å². The molecule has 0 nitrogen and oxygen atoms in total. The van der Waals surface area contributed by atoms with Crippen molar-refractivity contribution in [2.45, 2.75) is 0 Å². The summed E-state index contributed by atoms with van der Waals surface area (Å²) in [5, 5.41) is 0. The quantitative estimate of drug-likeness (QED) is 0.454. The van der Waals surface area contributed by atoms with Gasteiger partial charge in [-0.15, -0.1) is 0 Å². The van der Waals surface area contributed by atoms with Gasteiger partial charge >= 0.3 is 33.0 Å². The van der Waals surface area contributed by atoms with Crippen molar-refractivity contribution < 1.29 is 35.2 Å². The fourth-order valence-corrected chi connectivity index (χ4v) is 0. The first-order valence-corrected chi connectivity index (χ1v) is 8.55. The summed E-state index contributed by atoms with van der Waals surface area (Å²) >= 11 is 0.500. The van der Waals surface area contributed by atoms with Crippen molar-refractivity contribution in [2.75, 3.05) is 0 Å². The molecule has 0 fully saturated rings. The molecular weight excluding hydrogens is 318 g/mol. The summed E-state index contributed by atoms with van der Waals surface area (Å²) in [5.41, 5.74) is 0. The Labute approximate surface area is 49.3 Å². The van der Waals surface area contributed by atoms with Gasteiger partial charge in [-0.25, -0.2) is 0 Å². The molecule has 0 amide bonds. The molecule has 0 saturated heterocycles. The molecule has 2 unspecified atom stereocenters. The molecule has 0 heterocycles. The second-order valence-corrected chi connectivity index (χ2v) is 7.40. The van der Waals surface area contributed by atoms with Crippen molar-refractivity contribution in [2.24, 2.45) is 0 Å². The number of hydrogen-bond acceptors (Lipinski definition) is 0. The third-order valence-electron chi connectivity index (χ3n) is 0. The van der Waals surface area contributed by atoms with E-state index >= 15 is 0 Å². The van der Waals surface area contributed by atoms with Gasteiger partial charge in [0.25, 0.3) is 0 Å². The second kappa shape index (κ2) is 8.92. The van der Waals surface area contributed by atoms with E-state index in [1.807, 2.05) is 0 Å². The Morgan fingerprint density at radius 2 is 1.25 bits per heavy atom. The van der Waals surface area contributed by atoms with Crippen LogP contribution in [0, 0.1) is 0 Å². The van der Waals surface area contributed by atoms with Crippen LogP contribution in [0.5, 0.6) is 0 Å². The maximum atomic E-state index is 2.64. The van der Waals surface area contributed by atoms with Gasteiger partial charge in [-0.05, 0) is 0 Å². The monoisotopic (exact) mass is 321 g/mol. The zero-order valence-electron chi connectivity index (χ0n) is 1.77. The predicted octanol–water partition coefficient (Wildman–Crippen LogP) is 0.647. The van der Waals surface area contributed by atoms with Gasteiger partial charge in [0.2, 0.25) is 0 Å². The molecule has 0 aromatic carbocycles. The van der Waals surface area contributed by atoms with Gasteiger partial charge in [-0.2, -0.15) is 0 Å². The summed E-state index contributed by atoms with van der Waals surface area (Å²) in [6.07, 6.45) is 0. The molecule has 4 heavy (non-hydrogen) atoms. The fourth-order valence-electron chi connectivity index (χ4n) is 0. The van der Waals surface area contributed by atoms with Crippen molar-refractivity contribution in [3.8, 4) is 0 Å². The summed E-state index contributed by atoms with van der Waals surface area (Å²) in [6, 6.07) is 0. The van der Waals surface area contributed by atoms with E-state index in [1.54, 1.807) is 0 Å². The van der Waals surface area contributed by atoms with Crippen molar-refractivity contribution in [3.63, 3.8) is 0 Å². The topological polar surface area (TPSA) is 0 Å². The van der Waals surface area contributed by atoms with Gasteiger partial charge in [0, 0.05) is 16.5 Å². The van der Waals surface area contributed by atoms with Crippen LogP contribution in [-0.4, -0.2) is 0 Å². The van der Waals surface area contributed by atoms with Crippen LogP contribution >= 0.6 is 14.3 Å².